The van der Waals surface area contributed by atoms with Crippen LogP contribution < -0.4 is 15.5 Å². The van der Waals surface area contributed by atoms with Crippen LogP contribution >= 0.6 is 0 Å². The molecule has 120 valence electrons. The number of β-amino-alcohol motifs (C(OH)–C–C–N with tert-alkyl or cyclic N) is 1. The summed E-state index contributed by atoms with van der Waals surface area (Å²) in [6.45, 7) is 3.85. The number of carbonyl (C=O) groups is 1. The molecule has 1 amide bonds. The molecule has 2 aliphatic heterocycles. The molecule has 2 saturated heterocycles. The molecule has 3 N–H and O–H groups in total. The Hall–Kier alpha value is -1.59. The van der Waals surface area contributed by atoms with Gasteiger partial charge in [-0.25, -0.2) is 0 Å². The molecule has 2 fully saturated rings. The van der Waals surface area contributed by atoms with E-state index in [0.717, 1.165) is 19.6 Å². The largest absolute Gasteiger partial charge is 0.387 e. The topological polar surface area (TPSA) is 64.6 Å². The molecule has 0 unspecified atom stereocenters. The van der Waals surface area contributed by atoms with Crippen molar-refractivity contribution in [2.24, 2.45) is 0 Å². The molecule has 0 radical (unpaired) electrons. The fraction of sp³-hybridized carbons (Fsp3) is 0.588. The van der Waals surface area contributed by atoms with E-state index in [4.69, 9.17) is 0 Å². The van der Waals surface area contributed by atoms with E-state index in [-0.39, 0.29) is 5.91 Å². The Labute approximate surface area is 131 Å². The zero-order valence-electron chi connectivity index (χ0n) is 13.0. The van der Waals surface area contributed by atoms with Crippen molar-refractivity contribution in [3.63, 3.8) is 0 Å². The number of amides is 1. The smallest absolute Gasteiger partial charge is 0.251 e. The van der Waals surface area contributed by atoms with Gasteiger partial charge < -0.3 is 20.6 Å². The molecule has 0 aromatic heterocycles. The van der Waals surface area contributed by atoms with E-state index in [1.807, 2.05) is 24.3 Å². The molecule has 2 aliphatic rings. The van der Waals surface area contributed by atoms with Crippen LogP contribution in [0.2, 0.25) is 0 Å². The van der Waals surface area contributed by atoms with Crippen molar-refractivity contribution in [1.82, 2.24) is 10.6 Å². The van der Waals surface area contributed by atoms with Crippen LogP contribution in [0, 0.1) is 0 Å². The minimum absolute atomic E-state index is 0.120. The Morgan fingerprint density at radius 3 is 2.59 bits per heavy atom. The van der Waals surface area contributed by atoms with Gasteiger partial charge in [0.2, 0.25) is 0 Å². The predicted molar refractivity (Wildman–Crippen MR) is 87.3 cm³/mol. The zero-order valence-corrected chi connectivity index (χ0v) is 13.0. The molecule has 0 saturated carbocycles. The van der Waals surface area contributed by atoms with Crippen LogP contribution in [0.15, 0.2) is 24.3 Å². The Morgan fingerprint density at radius 2 is 1.95 bits per heavy atom. The SMILES string of the molecule is O=C(NC[C@]1(O)CCNC1)c1ccc(N2CCCCC2)cc1. The Balaban J connectivity index is 1.56. The Kier molecular flexibility index (Phi) is 4.64. The van der Waals surface area contributed by atoms with E-state index in [1.54, 1.807) is 0 Å². The Morgan fingerprint density at radius 1 is 1.23 bits per heavy atom. The molecule has 2 heterocycles. The maximum atomic E-state index is 12.2. The number of carbonyl (C=O) groups excluding carboxylic acids is 1. The first-order chi connectivity index (χ1) is 10.7. The highest BCUT2D eigenvalue weighted by Gasteiger charge is 2.31. The number of aliphatic hydroxyl groups is 1. The van der Waals surface area contributed by atoms with Crippen molar-refractivity contribution in [3.8, 4) is 0 Å². The second-order valence-corrected chi connectivity index (χ2v) is 6.43. The van der Waals surface area contributed by atoms with Crippen LogP contribution in [-0.2, 0) is 0 Å². The van der Waals surface area contributed by atoms with Gasteiger partial charge in [0.1, 0.15) is 0 Å². The first kappa shape index (κ1) is 15.3. The van der Waals surface area contributed by atoms with Gasteiger partial charge in [0.25, 0.3) is 5.91 Å². The standard InChI is InChI=1S/C17H25N3O2/c21-16(19-13-17(22)8-9-18-12-17)14-4-6-15(7-5-14)20-10-2-1-3-11-20/h4-7,18,22H,1-3,8-13H2,(H,19,21)/t17-/m0/s1. The number of rotatable bonds is 4. The van der Waals surface area contributed by atoms with Crippen LogP contribution in [-0.4, -0.2) is 49.3 Å². The molecule has 22 heavy (non-hydrogen) atoms. The highest BCUT2D eigenvalue weighted by atomic mass is 16.3. The van der Waals surface area contributed by atoms with Crippen LogP contribution in [0.25, 0.3) is 0 Å². The van der Waals surface area contributed by atoms with Gasteiger partial charge in [-0.1, -0.05) is 0 Å². The van der Waals surface area contributed by atoms with Gasteiger partial charge in [-0.2, -0.15) is 0 Å². The summed E-state index contributed by atoms with van der Waals surface area (Å²) in [7, 11) is 0. The van der Waals surface area contributed by atoms with Gasteiger partial charge in [0.15, 0.2) is 0 Å². The third-order valence-electron chi connectivity index (χ3n) is 4.65. The summed E-state index contributed by atoms with van der Waals surface area (Å²) in [5, 5.41) is 16.2. The molecule has 0 spiro atoms. The van der Waals surface area contributed by atoms with Crippen LogP contribution in [0.5, 0.6) is 0 Å². The highest BCUT2D eigenvalue weighted by Crippen LogP contribution is 2.20. The molecule has 5 nitrogen and oxygen atoms in total. The monoisotopic (exact) mass is 303 g/mol. The highest BCUT2D eigenvalue weighted by molar-refractivity contribution is 5.94. The maximum Gasteiger partial charge on any atom is 0.251 e. The minimum atomic E-state index is -0.802. The fourth-order valence-corrected chi connectivity index (χ4v) is 3.20. The summed E-state index contributed by atoms with van der Waals surface area (Å²) >= 11 is 0. The summed E-state index contributed by atoms with van der Waals surface area (Å²) < 4.78 is 0. The van der Waals surface area contributed by atoms with Gasteiger partial charge in [-0.3, -0.25) is 4.79 Å². The molecule has 3 rings (SSSR count). The van der Waals surface area contributed by atoms with Crippen LogP contribution in [0.1, 0.15) is 36.0 Å². The number of piperidine rings is 1. The van der Waals surface area contributed by atoms with Crippen molar-refractivity contribution < 1.29 is 9.90 Å². The average molecular weight is 303 g/mol. The summed E-state index contributed by atoms with van der Waals surface area (Å²) in [6, 6.07) is 7.78. The third kappa shape index (κ3) is 3.59. The second-order valence-electron chi connectivity index (χ2n) is 6.43. The summed E-state index contributed by atoms with van der Waals surface area (Å²) in [5.74, 6) is -0.120. The molecule has 5 heteroatoms. The number of nitrogens with zero attached hydrogens (tertiary/aromatic N) is 1. The molecule has 0 aliphatic carbocycles. The second kappa shape index (κ2) is 6.67. The van der Waals surface area contributed by atoms with Crippen molar-refractivity contribution in [3.05, 3.63) is 29.8 Å². The average Bonchev–Trinajstić information content (AvgIpc) is 3.01. The molecule has 0 bridgehead atoms. The van der Waals surface area contributed by atoms with Crippen molar-refractivity contribution in [1.29, 1.82) is 0 Å². The van der Waals surface area contributed by atoms with E-state index in [9.17, 15) is 9.90 Å². The maximum absolute atomic E-state index is 12.2. The number of hydrogen-bond acceptors (Lipinski definition) is 4. The van der Waals surface area contributed by atoms with E-state index in [2.05, 4.69) is 15.5 Å². The first-order valence-electron chi connectivity index (χ1n) is 8.23. The lowest BCUT2D eigenvalue weighted by molar-refractivity contribution is 0.0562. The fourth-order valence-electron chi connectivity index (χ4n) is 3.20. The number of anilines is 1. The molecular formula is C17H25N3O2. The van der Waals surface area contributed by atoms with Crippen LogP contribution in [0.3, 0.4) is 0 Å². The van der Waals surface area contributed by atoms with Crippen LogP contribution in [0.4, 0.5) is 5.69 Å². The van der Waals surface area contributed by atoms with E-state index >= 15 is 0 Å². The van der Waals surface area contributed by atoms with Crippen molar-refractivity contribution in [2.75, 3.05) is 37.6 Å². The van der Waals surface area contributed by atoms with Gasteiger partial charge in [0, 0.05) is 37.4 Å². The lowest BCUT2D eigenvalue weighted by Crippen LogP contribution is -2.44. The van der Waals surface area contributed by atoms with Gasteiger partial charge in [-0.05, 0) is 56.5 Å². The third-order valence-corrected chi connectivity index (χ3v) is 4.65. The summed E-state index contributed by atoms with van der Waals surface area (Å²) in [4.78, 5) is 14.5. The van der Waals surface area contributed by atoms with Gasteiger partial charge in [-0.15, -0.1) is 0 Å². The van der Waals surface area contributed by atoms with E-state index < -0.39 is 5.60 Å². The van der Waals surface area contributed by atoms with E-state index in [1.165, 1.54) is 24.9 Å². The lowest BCUT2D eigenvalue weighted by Gasteiger charge is -2.28. The van der Waals surface area contributed by atoms with Gasteiger partial charge in [0.05, 0.1) is 5.60 Å². The quantitative estimate of drug-likeness (QED) is 0.780. The van der Waals surface area contributed by atoms with Crippen molar-refractivity contribution >= 4 is 11.6 Å². The lowest BCUT2D eigenvalue weighted by atomic mass is 10.0. The minimum Gasteiger partial charge on any atom is -0.387 e. The number of benzene rings is 1. The molecule has 1 aromatic rings. The molecule has 1 atom stereocenters. The van der Waals surface area contributed by atoms with Crippen molar-refractivity contribution in [2.45, 2.75) is 31.3 Å². The number of nitrogens with one attached hydrogen (secondary N) is 2. The summed E-state index contributed by atoms with van der Waals surface area (Å²) in [5.41, 5.74) is 1.04. The van der Waals surface area contributed by atoms with E-state index in [0.29, 0.717) is 25.1 Å². The normalized spacial score (nSPS) is 25.2. The predicted octanol–water partition coefficient (Wildman–Crippen LogP) is 1.13. The Bertz CT molecular complexity index is 503. The molecule has 1 aromatic carbocycles. The number of hydrogen-bond donors (Lipinski definition) is 3. The van der Waals surface area contributed by atoms with Gasteiger partial charge >= 0.3 is 0 Å². The zero-order chi connectivity index (χ0) is 15.4. The first-order valence-corrected chi connectivity index (χ1v) is 8.23. The summed E-state index contributed by atoms with van der Waals surface area (Å²) in [6.07, 6.45) is 4.49. The molecular weight excluding hydrogens is 278 g/mol.